The predicted octanol–water partition coefficient (Wildman–Crippen LogP) is 2.05. The second kappa shape index (κ2) is 6.22. The van der Waals surface area contributed by atoms with E-state index in [1.165, 1.54) is 16.5 Å². The van der Waals surface area contributed by atoms with Gasteiger partial charge in [-0.3, -0.25) is 9.59 Å². The molecule has 7 heteroatoms. The fraction of sp³-hybridized carbons (Fsp3) is 0.529. The predicted molar refractivity (Wildman–Crippen MR) is 89.1 cm³/mol. The zero-order chi connectivity index (χ0) is 16.6. The van der Waals surface area contributed by atoms with Gasteiger partial charge in [-0.25, -0.2) is 0 Å². The number of aryl methyl sites for hydroxylation is 1. The second-order valence-corrected chi connectivity index (χ2v) is 7.41. The Labute approximate surface area is 143 Å². The molecule has 0 aromatic carbocycles. The number of aromatic nitrogens is 1. The molecule has 6 nitrogen and oxygen atoms in total. The molecular formula is C17H20N2O4S. The summed E-state index contributed by atoms with van der Waals surface area (Å²) in [6.45, 7) is 2.20. The summed E-state index contributed by atoms with van der Waals surface area (Å²) in [5.74, 6) is 0.635. The van der Waals surface area contributed by atoms with Crippen LogP contribution in [0.25, 0.3) is 0 Å². The average molecular weight is 348 g/mol. The summed E-state index contributed by atoms with van der Waals surface area (Å²) >= 11 is 1.81. The van der Waals surface area contributed by atoms with E-state index in [2.05, 4.69) is 16.6 Å². The van der Waals surface area contributed by atoms with Crippen LogP contribution in [-0.2, 0) is 28.0 Å². The summed E-state index contributed by atoms with van der Waals surface area (Å²) < 4.78 is 11.2. The van der Waals surface area contributed by atoms with Gasteiger partial charge in [0.25, 0.3) is 5.56 Å². The fourth-order valence-corrected chi connectivity index (χ4v) is 4.67. The topological polar surface area (TPSA) is 75.5 Å². The van der Waals surface area contributed by atoms with E-state index in [9.17, 15) is 9.59 Å². The highest BCUT2D eigenvalue weighted by molar-refractivity contribution is 7.10. The molecule has 0 saturated carbocycles. The number of thiophene rings is 1. The summed E-state index contributed by atoms with van der Waals surface area (Å²) in [5.41, 5.74) is 0.871. The molecule has 2 aliphatic heterocycles. The summed E-state index contributed by atoms with van der Waals surface area (Å²) in [4.78, 5) is 26.8. The molecule has 2 aromatic rings. The van der Waals surface area contributed by atoms with Gasteiger partial charge < -0.3 is 14.2 Å². The lowest BCUT2D eigenvalue weighted by Crippen LogP contribution is -2.48. The molecule has 4 heterocycles. The molecule has 0 radical (unpaired) electrons. The van der Waals surface area contributed by atoms with Crippen molar-refractivity contribution >= 4 is 17.2 Å². The Balaban J connectivity index is 1.36. The number of fused-ring (bicyclic) bond motifs is 2. The summed E-state index contributed by atoms with van der Waals surface area (Å²) in [5, 5.41) is 4.39. The van der Waals surface area contributed by atoms with E-state index in [1.807, 2.05) is 16.2 Å². The van der Waals surface area contributed by atoms with Crippen LogP contribution in [0, 0.1) is 0 Å². The number of likely N-dealkylation sites (tertiary alicyclic amines) is 1. The average Bonchev–Trinajstić information content (AvgIpc) is 3.23. The van der Waals surface area contributed by atoms with Gasteiger partial charge in [0.2, 0.25) is 5.91 Å². The number of hydrogen-bond acceptors (Lipinski definition) is 5. The van der Waals surface area contributed by atoms with Crippen molar-refractivity contribution in [3.05, 3.63) is 44.1 Å². The van der Waals surface area contributed by atoms with Gasteiger partial charge in [0.05, 0.1) is 12.2 Å². The minimum Gasteiger partial charge on any atom is -0.384 e. The summed E-state index contributed by atoms with van der Waals surface area (Å²) in [6.07, 6.45) is 3.51. The van der Waals surface area contributed by atoms with E-state index >= 15 is 0 Å². The number of hydrogen-bond donors (Lipinski definition) is 1. The zero-order valence-electron chi connectivity index (χ0n) is 13.4. The van der Waals surface area contributed by atoms with Crippen molar-refractivity contribution in [1.29, 1.82) is 0 Å². The van der Waals surface area contributed by atoms with Crippen LogP contribution in [0.2, 0.25) is 0 Å². The van der Waals surface area contributed by atoms with Crippen LogP contribution in [0.4, 0.5) is 0 Å². The van der Waals surface area contributed by atoms with Gasteiger partial charge in [0.15, 0.2) is 0 Å². The first kappa shape index (κ1) is 15.7. The Hall–Kier alpha value is -1.86. The number of amides is 1. The number of ether oxygens (including phenoxy) is 1. The van der Waals surface area contributed by atoms with Gasteiger partial charge in [-0.2, -0.15) is 5.16 Å². The van der Waals surface area contributed by atoms with Gasteiger partial charge >= 0.3 is 0 Å². The SMILES string of the molecule is O=C(CCc1cc(=O)[nH]o1)N1CCC2(CC1)OCCc1sccc12. The Morgan fingerprint density at radius 3 is 2.96 bits per heavy atom. The Bertz CT molecular complexity index is 782. The Morgan fingerprint density at radius 2 is 2.21 bits per heavy atom. The van der Waals surface area contributed by atoms with E-state index in [-0.39, 0.29) is 17.1 Å². The molecule has 1 spiro atoms. The van der Waals surface area contributed by atoms with Crippen LogP contribution in [0.5, 0.6) is 0 Å². The zero-order valence-corrected chi connectivity index (χ0v) is 14.2. The molecule has 0 unspecified atom stereocenters. The second-order valence-electron chi connectivity index (χ2n) is 6.41. The van der Waals surface area contributed by atoms with Crippen LogP contribution in [-0.4, -0.2) is 35.7 Å². The third-order valence-electron chi connectivity index (χ3n) is 5.03. The lowest BCUT2D eigenvalue weighted by atomic mass is 9.82. The third kappa shape index (κ3) is 2.82. The van der Waals surface area contributed by atoms with E-state index in [4.69, 9.17) is 9.26 Å². The molecule has 0 bridgehead atoms. The van der Waals surface area contributed by atoms with Gasteiger partial charge in [-0.1, -0.05) is 0 Å². The number of piperidine rings is 1. The van der Waals surface area contributed by atoms with Crippen LogP contribution in [0.15, 0.2) is 26.8 Å². The number of carbonyl (C=O) groups excluding carboxylic acids is 1. The van der Waals surface area contributed by atoms with E-state index < -0.39 is 0 Å². The quantitative estimate of drug-likeness (QED) is 0.921. The minimum atomic E-state index is -0.265. The molecule has 0 aliphatic carbocycles. The first-order valence-corrected chi connectivity index (χ1v) is 9.20. The van der Waals surface area contributed by atoms with Crippen LogP contribution < -0.4 is 5.56 Å². The molecule has 1 fully saturated rings. The molecule has 1 saturated heterocycles. The highest BCUT2D eigenvalue weighted by atomic mass is 32.1. The van der Waals surface area contributed by atoms with Gasteiger partial charge in [-0.15, -0.1) is 11.3 Å². The first-order valence-electron chi connectivity index (χ1n) is 8.32. The van der Waals surface area contributed by atoms with E-state index in [0.29, 0.717) is 31.7 Å². The number of carbonyl (C=O) groups is 1. The maximum Gasteiger partial charge on any atom is 0.280 e. The van der Waals surface area contributed by atoms with Crippen molar-refractivity contribution in [3.8, 4) is 0 Å². The highest BCUT2D eigenvalue weighted by Crippen LogP contribution is 2.43. The smallest absolute Gasteiger partial charge is 0.280 e. The van der Waals surface area contributed by atoms with Gasteiger partial charge in [0.1, 0.15) is 5.76 Å². The fourth-order valence-electron chi connectivity index (χ4n) is 3.72. The molecule has 1 amide bonds. The van der Waals surface area contributed by atoms with Crippen LogP contribution >= 0.6 is 11.3 Å². The largest absolute Gasteiger partial charge is 0.384 e. The summed E-state index contributed by atoms with van der Waals surface area (Å²) in [6, 6.07) is 3.58. The molecule has 128 valence electrons. The van der Waals surface area contributed by atoms with Crippen molar-refractivity contribution in [3.63, 3.8) is 0 Å². The Kier molecular flexibility index (Phi) is 4.05. The highest BCUT2D eigenvalue weighted by Gasteiger charge is 2.42. The lowest BCUT2D eigenvalue weighted by molar-refractivity contribution is -0.140. The number of aromatic amines is 1. The third-order valence-corrected chi connectivity index (χ3v) is 6.01. The van der Waals surface area contributed by atoms with Crippen LogP contribution in [0.1, 0.15) is 35.5 Å². The van der Waals surface area contributed by atoms with Gasteiger partial charge in [0, 0.05) is 43.3 Å². The number of nitrogens with zero attached hydrogens (tertiary/aromatic N) is 1. The molecule has 1 N–H and O–H groups in total. The van der Waals surface area contributed by atoms with Crippen molar-refractivity contribution in [2.24, 2.45) is 0 Å². The molecular weight excluding hydrogens is 328 g/mol. The molecule has 0 atom stereocenters. The number of nitrogens with one attached hydrogen (secondary N) is 1. The van der Waals surface area contributed by atoms with Crippen molar-refractivity contribution in [1.82, 2.24) is 10.1 Å². The summed E-state index contributed by atoms with van der Waals surface area (Å²) in [7, 11) is 0. The van der Waals surface area contributed by atoms with Crippen molar-refractivity contribution < 1.29 is 14.1 Å². The normalized spacial score (nSPS) is 19.4. The van der Waals surface area contributed by atoms with Crippen LogP contribution in [0.3, 0.4) is 0 Å². The maximum atomic E-state index is 12.4. The monoisotopic (exact) mass is 348 g/mol. The van der Waals surface area contributed by atoms with Crippen molar-refractivity contribution in [2.45, 2.75) is 37.7 Å². The molecule has 4 rings (SSSR count). The molecule has 2 aliphatic rings. The Morgan fingerprint density at radius 1 is 1.38 bits per heavy atom. The standard InChI is InChI=1S/C17H20N2O4S/c20-15-11-12(23-18-15)1-2-16(21)19-7-5-17(6-8-19)13-4-10-24-14(13)3-9-22-17/h4,10-11H,1-3,5-9H2,(H,18,20). The van der Waals surface area contributed by atoms with E-state index in [0.717, 1.165) is 25.9 Å². The number of rotatable bonds is 3. The first-order chi connectivity index (χ1) is 11.7. The van der Waals surface area contributed by atoms with Crippen molar-refractivity contribution in [2.75, 3.05) is 19.7 Å². The van der Waals surface area contributed by atoms with E-state index in [1.54, 1.807) is 0 Å². The molecule has 2 aromatic heterocycles. The minimum absolute atomic E-state index is 0.107. The number of H-pyrrole nitrogens is 1. The maximum absolute atomic E-state index is 12.4. The lowest BCUT2D eigenvalue weighted by Gasteiger charge is -2.44. The van der Waals surface area contributed by atoms with Gasteiger partial charge in [-0.05, 0) is 29.9 Å². The molecule has 24 heavy (non-hydrogen) atoms.